The van der Waals surface area contributed by atoms with Crippen LogP contribution in [0.4, 0.5) is 0 Å². The van der Waals surface area contributed by atoms with Crippen LogP contribution in [0.3, 0.4) is 0 Å². The zero-order valence-electron chi connectivity index (χ0n) is 32.0. The van der Waals surface area contributed by atoms with Gasteiger partial charge >= 0.3 is 0 Å². The summed E-state index contributed by atoms with van der Waals surface area (Å²) in [5, 5.41) is 19.6. The Morgan fingerprint density at radius 1 is 0.220 bits per heavy atom. The third-order valence-corrected chi connectivity index (χ3v) is 12.8. The number of hydrogen-bond donors (Lipinski definition) is 0. The molecule has 0 amide bonds. The number of hydrogen-bond acceptors (Lipinski definition) is 1. The minimum Gasteiger partial charge on any atom is -0.455 e. The first-order valence-electron chi connectivity index (χ1n) is 20.4. The number of rotatable bonds is 3. The zero-order valence-corrected chi connectivity index (χ0v) is 32.0. The minimum absolute atomic E-state index is 0.947. The number of furan rings is 1. The van der Waals surface area contributed by atoms with Gasteiger partial charge in [0.05, 0.1) is 0 Å². The molecular formula is C58H34O. The average molecular weight is 747 g/mol. The zero-order chi connectivity index (χ0) is 38.6. The molecule has 0 aliphatic carbocycles. The van der Waals surface area contributed by atoms with E-state index in [9.17, 15) is 0 Å². The van der Waals surface area contributed by atoms with E-state index in [1.807, 2.05) is 0 Å². The molecule has 0 unspecified atom stereocenters. The summed E-state index contributed by atoms with van der Waals surface area (Å²) in [6.07, 6.45) is 0. The summed E-state index contributed by atoms with van der Waals surface area (Å²) in [5.74, 6) is 0. The van der Waals surface area contributed by atoms with Crippen molar-refractivity contribution in [2.45, 2.75) is 0 Å². The predicted octanol–water partition coefficient (Wildman–Crippen LogP) is 16.7. The lowest BCUT2D eigenvalue weighted by Crippen LogP contribution is -1.91. The Morgan fingerprint density at radius 3 is 1.20 bits per heavy atom. The van der Waals surface area contributed by atoms with Crippen molar-refractivity contribution in [3.8, 4) is 33.4 Å². The standard InChI is InChI=1S/C58H34O/c1-2-14-38-33-40(30-27-35(38)13-1)54-48-22-10-8-20-46(48)53(47-21-9-11-23-49(47)54)37-28-25-36(26-29-37)39-31-32-51-52(34-39)43-17-4-7-19-45(43)56-55-44-18-6-3-15-41(44)42-16-5-12-24-50(42)57(55)59-58(51)56/h1-34H. The molecule has 0 fully saturated rings. The second-order valence-corrected chi connectivity index (χ2v) is 15.9. The van der Waals surface area contributed by atoms with Crippen LogP contribution in [0.5, 0.6) is 0 Å². The van der Waals surface area contributed by atoms with Gasteiger partial charge in [-0.2, -0.15) is 0 Å². The van der Waals surface area contributed by atoms with Crippen LogP contribution in [0.15, 0.2) is 211 Å². The van der Waals surface area contributed by atoms with Gasteiger partial charge in [-0.3, -0.25) is 0 Å². The topological polar surface area (TPSA) is 13.1 Å². The van der Waals surface area contributed by atoms with E-state index >= 15 is 0 Å². The van der Waals surface area contributed by atoms with Gasteiger partial charge in [0.25, 0.3) is 0 Å². The van der Waals surface area contributed by atoms with Crippen molar-refractivity contribution >= 4 is 97.3 Å². The third kappa shape index (κ3) is 4.67. The van der Waals surface area contributed by atoms with Gasteiger partial charge in [-0.05, 0) is 116 Å². The molecule has 1 aromatic heterocycles. The molecule has 0 atom stereocenters. The average Bonchev–Trinajstić information content (AvgIpc) is 3.72. The lowest BCUT2D eigenvalue weighted by atomic mass is 9.85. The molecule has 1 heteroatoms. The van der Waals surface area contributed by atoms with Gasteiger partial charge in [0.1, 0.15) is 11.2 Å². The van der Waals surface area contributed by atoms with E-state index < -0.39 is 0 Å². The highest BCUT2D eigenvalue weighted by Gasteiger charge is 2.21. The first-order valence-corrected chi connectivity index (χ1v) is 20.4. The molecule has 272 valence electrons. The van der Waals surface area contributed by atoms with Crippen LogP contribution in [0.2, 0.25) is 0 Å². The Bertz CT molecular complexity index is 3830. The minimum atomic E-state index is 0.947. The first-order chi connectivity index (χ1) is 29.3. The summed E-state index contributed by atoms with van der Waals surface area (Å²) >= 11 is 0. The molecule has 12 aromatic carbocycles. The lowest BCUT2D eigenvalue weighted by molar-refractivity contribution is 0.677. The van der Waals surface area contributed by atoms with Crippen molar-refractivity contribution in [2.24, 2.45) is 0 Å². The molecule has 0 bridgehead atoms. The fourth-order valence-corrected chi connectivity index (χ4v) is 10.2. The van der Waals surface area contributed by atoms with Crippen LogP contribution >= 0.6 is 0 Å². The molecule has 0 aliphatic heterocycles. The molecule has 13 aromatic rings. The molecule has 1 nitrogen and oxygen atoms in total. The van der Waals surface area contributed by atoms with Crippen LogP contribution in [-0.2, 0) is 0 Å². The molecular weight excluding hydrogens is 713 g/mol. The van der Waals surface area contributed by atoms with E-state index in [1.165, 1.54) is 109 Å². The predicted molar refractivity (Wildman–Crippen MR) is 253 cm³/mol. The molecule has 0 spiro atoms. The lowest BCUT2D eigenvalue weighted by Gasteiger charge is -2.18. The van der Waals surface area contributed by atoms with Crippen molar-refractivity contribution < 1.29 is 4.42 Å². The van der Waals surface area contributed by atoms with Crippen LogP contribution < -0.4 is 0 Å². The van der Waals surface area contributed by atoms with Crippen molar-refractivity contribution in [2.75, 3.05) is 0 Å². The van der Waals surface area contributed by atoms with Gasteiger partial charge in [-0.25, -0.2) is 0 Å². The van der Waals surface area contributed by atoms with Crippen molar-refractivity contribution in [1.82, 2.24) is 0 Å². The summed E-state index contributed by atoms with van der Waals surface area (Å²) in [6.45, 7) is 0. The SMILES string of the molecule is c1ccc2cc(-c3c4ccccc4c(-c4ccc(-c5ccc6c(c5)c5ccccc5c5c6oc6c7ccccc7c7ccccc7c65)cc4)c4ccccc34)ccc2c1. The van der Waals surface area contributed by atoms with Crippen molar-refractivity contribution in [3.63, 3.8) is 0 Å². The van der Waals surface area contributed by atoms with Gasteiger partial charge < -0.3 is 4.42 Å². The quantitative estimate of drug-likeness (QED) is 0.130. The maximum Gasteiger partial charge on any atom is 0.143 e. The van der Waals surface area contributed by atoms with E-state index in [2.05, 4.69) is 206 Å². The largest absolute Gasteiger partial charge is 0.455 e. The molecule has 0 saturated carbocycles. The maximum absolute atomic E-state index is 7.03. The summed E-state index contributed by atoms with van der Waals surface area (Å²) in [5.41, 5.74) is 9.27. The van der Waals surface area contributed by atoms with Crippen molar-refractivity contribution in [3.05, 3.63) is 206 Å². The highest BCUT2D eigenvalue weighted by atomic mass is 16.3. The monoisotopic (exact) mass is 746 g/mol. The summed E-state index contributed by atoms with van der Waals surface area (Å²) in [6, 6.07) is 75.6. The summed E-state index contributed by atoms with van der Waals surface area (Å²) in [7, 11) is 0. The normalized spacial score (nSPS) is 12.1. The van der Waals surface area contributed by atoms with Gasteiger partial charge in [0.15, 0.2) is 0 Å². The highest BCUT2D eigenvalue weighted by Crippen LogP contribution is 2.48. The molecule has 0 aliphatic rings. The van der Waals surface area contributed by atoms with Gasteiger partial charge in [0, 0.05) is 21.5 Å². The van der Waals surface area contributed by atoms with E-state index in [1.54, 1.807) is 0 Å². The Hall–Kier alpha value is -7.74. The van der Waals surface area contributed by atoms with E-state index in [0.29, 0.717) is 0 Å². The number of benzene rings is 12. The van der Waals surface area contributed by atoms with Crippen LogP contribution in [0, 0.1) is 0 Å². The van der Waals surface area contributed by atoms with Gasteiger partial charge in [-0.1, -0.05) is 188 Å². The second-order valence-electron chi connectivity index (χ2n) is 15.9. The van der Waals surface area contributed by atoms with Crippen molar-refractivity contribution in [1.29, 1.82) is 0 Å². The Labute approximate surface area is 340 Å². The Morgan fingerprint density at radius 2 is 0.610 bits per heavy atom. The molecule has 0 radical (unpaired) electrons. The smallest absolute Gasteiger partial charge is 0.143 e. The maximum atomic E-state index is 7.03. The molecule has 59 heavy (non-hydrogen) atoms. The molecule has 1 heterocycles. The van der Waals surface area contributed by atoms with Gasteiger partial charge in [-0.15, -0.1) is 0 Å². The Balaban J connectivity index is 0.992. The first kappa shape index (κ1) is 32.4. The molecule has 13 rings (SSSR count). The number of fused-ring (bicyclic) bond motifs is 16. The summed E-state index contributed by atoms with van der Waals surface area (Å²) in [4.78, 5) is 0. The van der Waals surface area contributed by atoms with E-state index in [-0.39, 0.29) is 0 Å². The highest BCUT2D eigenvalue weighted by molar-refractivity contribution is 6.38. The Kier molecular flexibility index (Phi) is 6.79. The van der Waals surface area contributed by atoms with E-state index in [4.69, 9.17) is 4.42 Å². The van der Waals surface area contributed by atoms with E-state index in [0.717, 1.165) is 21.9 Å². The molecule has 0 N–H and O–H groups in total. The second kappa shape index (κ2) is 12.4. The fraction of sp³-hybridized carbons (Fsp3) is 0. The molecule has 0 saturated heterocycles. The fourth-order valence-electron chi connectivity index (χ4n) is 10.2. The summed E-state index contributed by atoms with van der Waals surface area (Å²) < 4.78 is 7.03. The van der Waals surface area contributed by atoms with Crippen LogP contribution in [-0.4, -0.2) is 0 Å². The van der Waals surface area contributed by atoms with Crippen LogP contribution in [0.25, 0.3) is 131 Å². The third-order valence-electron chi connectivity index (χ3n) is 12.8. The van der Waals surface area contributed by atoms with Crippen LogP contribution in [0.1, 0.15) is 0 Å². The van der Waals surface area contributed by atoms with Gasteiger partial charge in [0.2, 0.25) is 0 Å².